The molecule has 0 saturated carbocycles. The van der Waals surface area contributed by atoms with Gasteiger partial charge in [0.2, 0.25) is 0 Å². The van der Waals surface area contributed by atoms with Crippen LogP contribution in [0.3, 0.4) is 0 Å². The van der Waals surface area contributed by atoms with Gasteiger partial charge in [-0.1, -0.05) is 6.07 Å². The van der Waals surface area contributed by atoms with Gasteiger partial charge < -0.3 is 10.1 Å². The van der Waals surface area contributed by atoms with Crippen molar-refractivity contribution in [1.82, 2.24) is 10.2 Å². The summed E-state index contributed by atoms with van der Waals surface area (Å²) < 4.78 is 18.6. The van der Waals surface area contributed by atoms with Crippen molar-refractivity contribution in [3.8, 4) is 0 Å². The van der Waals surface area contributed by atoms with Crippen LogP contribution in [0.1, 0.15) is 5.56 Å². The minimum Gasteiger partial charge on any atom is -0.379 e. The average Bonchev–Trinajstić information content (AvgIpc) is 2.38. The van der Waals surface area contributed by atoms with Gasteiger partial charge in [0.05, 0.1) is 13.2 Å². The fourth-order valence-corrected chi connectivity index (χ4v) is 1.87. The normalized spacial score (nSPS) is 17.2. The van der Waals surface area contributed by atoms with Crippen molar-refractivity contribution in [1.29, 1.82) is 0 Å². The van der Waals surface area contributed by atoms with Gasteiger partial charge >= 0.3 is 0 Å². The van der Waals surface area contributed by atoms with Crippen molar-refractivity contribution in [2.45, 2.75) is 6.54 Å². The molecule has 1 aromatic carbocycles. The standard InChI is InChI=1S/C13H18FN2O/c14-13-4-2-1-3-12(13)11-15-5-6-16-7-9-17-10-8-16/h2-4,15H,5-11H2. The van der Waals surface area contributed by atoms with Gasteiger partial charge in [0.1, 0.15) is 5.82 Å². The molecule has 1 N–H and O–H groups in total. The number of ether oxygens (including phenoxy) is 1. The van der Waals surface area contributed by atoms with E-state index in [1.807, 2.05) is 0 Å². The smallest absolute Gasteiger partial charge is 0.127 e. The highest BCUT2D eigenvalue weighted by Crippen LogP contribution is 2.04. The summed E-state index contributed by atoms with van der Waals surface area (Å²) in [7, 11) is 0. The van der Waals surface area contributed by atoms with Crippen molar-refractivity contribution >= 4 is 0 Å². The lowest BCUT2D eigenvalue weighted by Gasteiger charge is -2.26. The number of rotatable bonds is 5. The van der Waals surface area contributed by atoms with Crippen LogP contribution in [-0.4, -0.2) is 44.3 Å². The van der Waals surface area contributed by atoms with Crippen molar-refractivity contribution in [2.75, 3.05) is 39.4 Å². The van der Waals surface area contributed by atoms with Crippen molar-refractivity contribution in [3.63, 3.8) is 0 Å². The van der Waals surface area contributed by atoms with E-state index in [0.29, 0.717) is 12.1 Å². The third kappa shape index (κ3) is 4.07. The maximum atomic E-state index is 13.3. The molecule has 93 valence electrons. The fraction of sp³-hybridized carbons (Fsp3) is 0.538. The molecule has 1 radical (unpaired) electrons. The van der Waals surface area contributed by atoms with Crippen LogP contribution < -0.4 is 5.32 Å². The quantitative estimate of drug-likeness (QED) is 0.775. The maximum absolute atomic E-state index is 13.3. The van der Waals surface area contributed by atoms with E-state index in [0.717, 1.165) is 39.4 Å². The Balaban J connectivity index is 1.64. The lowest BCUT2D eigenvalue weighted by molar-refractivity contribution is 0.0384. The molecule has 0 aliphatic carbocycles. The molecule has 0 aromatic heterocycles. The molecular weight excluding hydrogens is 219 g/mol. The van der Waals surface area contributed by atoms with Gasteiger partial charge in [-0.15, -0.1) is 0 Å². The second-order valence-electron chi connectivity index (χ2n) is 4.15. The Morgan fingerprint density at radius 2 is 2.24 bits per heavy atom. The van der Waals surface area contributed by atoms with E-state index in [1.54, 1.807) is 12.1 Å². The first kappa shape index (κ1) is 12.5. The number of nitrogens with zero attached hydrogens (tertiary/aromatic N) is 1. The molecular formula is C13H18FN2O. The number of hydrogen-bond donors (Lipinski definition) is 1. The van der Waals surface area contributed by atoms with Gasteiger partial charge in [0, 0.05) is 38.3 Å². The number of benzene rings is 1. The third-order valence-corrected chi connectivity index (χ3v) is 2.91. The minimum atomic E-state index is -0.164. The van der Waals surface area contributed by atoms with Crippen LogP contribution in [-0.2, 0) is 11.3 Å². The zero-order valence-corrected chi connectivity index (χ0v) is 9.92. The lowest BCUT2D eigenvalue weighted by atomic mass is 10.2. The largest absolute Gasteiger partial charge is 0.379 e. The Kier molecular flexibility index (Phi) is 4.91. The minimum absolute atomic E-state index is 0.164. The SMILES string of the molecule is Fc1cc[c]cc1CNCCN1CCOCC1. The summed E-state index contributed by atoms with van der Waals surface area (Å²) in [6.45, 7) is 6.05. The maximum Gasteiger partial charge on any atom is 0.127 e. The number of hydrogen-bond acceptors (Lipinski definition) is 3. The molecule has 0 spiro atoms. The monoisotopic (exact) mass is 237 g/mol. The number of nitrogens with one attached hydrogen (secondary N) is 1. The molecule has 1 fully saturated rings. The second kappa shape index (κ2) is 6.69. The predicted molar refractivity (Wildman–Crippen MR) is 64.2 cm³/mol. The van der Waals surface area contributed by atoms with E-state index in [-0.39, 0.29) is 5.82 Å². The Morgan fingerprint density at radius 3 is 3.00 bits per heavy atom. The molecule has 1 aromatic rings. The van der Waals surface area contributed by atoms with Crippen LogP contribution >= 0.6 is 0 Å². The van der Waals surface area contributed by atoms with E-state index in [1.165, 1.54) is 6.07 Å². The van der Waals surface area contributed by atoms with Crippen molar-refractivity contribution in [2.24, 2.45) is 0 Å². The van der Waals surface area contributed by atoms with Gasteiger partial charge in [-0.2, -0.15) is 0 Å². The molecule has 0 amide bonds. The van der Waals surface area contributed by atoms with Gasteiger partial charge in [0.25, 0.3) is 0 Å². The van der Waals surface area contributed by atoms with E-state index < -0.39 is 0 Å². The highest BCUT2D eigenvalue weighted by Gasteiger charge is 2.09. The molecule has 0 unspecified atom stereocenters. The Labute approximate surface area is 102 Å². The molecule has 1 aliphatic heterocycles. The molecule has 2 rings (SSSR count). The zero-order valence-electron chi connectivity index (χ0n) is 9.92. The molecule has 4 heteroatoms. The van der Waals surface area contributed by atoms with Crippen LogP contribution in [0.5, 0.6) is 0 Å². The summed E-state index contributed by atoms with van der Waals surface area (Å²) >= 11 is 0. The Hall–Kier alpha value is -0.970. The Morgan fingerprint density at radius 1 is 1.41 bits per heavy atom. The summed E-state index contributed by atoms with van der Waals surface area (Å²) in [6, 6.07) is 7.61. The van der Waals surface area contributed by atoms with Crippen LogP contribution in [0.15, 0.2) is 18.2 Å². The predicted octanol–water partition coefficient (Wildman–Crippen LogP) is 1.05. The van der Waals surface area contributed by atoms with E-state index in [9.17, 15) is 4.39 Å². The van der Waals surface area contributed by atoms with E-state index >= 15 is 0 Å². The highest BCUT2D eigenvalue weighted by atomic mass is 19.1. The highest BCUT2D eigenvalue weighted by molar-refractivity contribution is 5.15. The molecule has 0 bridgehead atoms. The number of morpholine rings is 1. The zero-order chi connectivity index (χ0) is 11.9. The van der Waals surface area contributed by atoms with E-state index in [4.69, 9.17) is 4.74 Å². The topological polar surface area (TPSA) is 24.5 Å². The summed E-state index contributed by atoms with van der Waals surface area (Å²) in [6.07, 6.45) is 0. The average molecular weight is 237 g/mol. The fourth-order valence-electron chi connectivity index (χ4n) is 1.87. The van der Waals surface area contributed by atoms with Gasteiger partial charge in [0.15, 0.2) is 0 Å². The first-order valence-corrected chi connectivity index (χ1v) is 6.01. The molecule has 1 heterocycles. The number of halogens is 1. The van der Waals surface area contributed by atoms with Gasteiger partial charge in [-0.25, -0.2) is 4.39 Å². The molecule has 0 atom stereocenters. The summed E-state index contributed by atoms with van der Waals surface area (Å²) in [5, 5.41) is 3.25. The van der Waals surface area contributed by atoms with Crippen LogP contribution in [0, 0.1) is 11.9 Å². The van der Waals surface area contributed by atoms with Crippen LogP contribution in [0.25, 0.3) is 0 Å². The van der Waals surface area contributed by atoms with Crippen LogP contribution in [0.4, 0.5) is 4.39 Å². The van der Waals surface area contributed by atoms with E-state index in [2.05, 4.69) is 16.3 Å². The second-order valence-corrected chi connectivity index (χ2v) is 4.15. The first-order chi connectivity index (χ1) is 8.36. The van der Waals surface area contributed by atoms with Crippen molar-refractivity contribution in [3.05, 3.63) is 35.6 Å². The lowest BCUT2D eigenvalue weighted by Crippen LogP contribution is -2.40. The molecule has 1 aliphatic rings. The molecule has 1 saturated heterocycles. The van der Waals surface area contributed by atoms with Crippen molar-refractivity contribution < 1.29 is 9.13 Å². The Bertz CT molecular complexity index is 340. The van der Waals surface area contributed by atoms with Gasteiger partial charge in [-0.3, -0.25) is 4.90 Å². The molecule has 3 nitrogen and oxygen atoms in total. The summed E-state index contributed by atoms with van der Waals surface area (Å²) in [4.78, 5) is 2.35. The summed E-state index contributed by atoms with van der Waals surface area (Å²) in [5.74, 6) is -0.164. The summed E-state index contributed by atoms with van der Waals surface area (Å²) in [5.41, 5.74) is 0.675. The van der Waals surface area contributed by atoms with Gasteiger partial charge in [-0.05, 0) is 18.2 Å². The third-order valence-electron chi connectivity index (χ3n) is 2.91. The van der Waals surface area contributed by atoms with Crippen LogP contribution in [0.2, 0.25) is 0 Å². The molecule has 17 heavy (non-hydrogen) atoms. The first-order valence-electron chi connectivity index (χ1n) is 6.01.